The van der Waals surface area contributed by atoms with Gasteiger partial charge in [-0.25, -0.2) is 0 Å². The summed E-state index contributed by atoms with van der Waals surface area (Å²) < 4.78 is 0. The predicted octanol–water partition coefficient (Wildman–Crippen LogP) is 2.36. The molecule has 5 nitrogen and oxygen atoms in total. The summed E-state index contributed by atoms with van der Waals surface area (Å²) in [7, 11) is 0. The Hall–Kier alpha value is -2.30. The SMILES string of the molecule is CC(C)C(C(=O)Nc1ccc2[nH]ccc2c1)N1CCC1=O. The average molecular weight is 285 g/mol. The summed E-state index contributed by atoms with van der Waals surface area (Å²) in [6.45, 7) is 4.60. The van der Waals surface area contributed by atoms with Crippen molar-refractivity contribution in [3.63, 3.8) is 0 Å². The molecule has 0 aliphatic carbocycles. The number of aromatic amines is 1. The maximum atomic E-state index is 12.5. The van der Waals surface area contributed by atoms with Crippen LogP contribution in [0.4, 0.5) is 5.69 Å². The van der Waals surface area contributed by atoms with Crippen molar-refractivity contribution in [2.45, 2.75) is 26.3 Å². The van der Waals surface area contributed by atoms with Crippen molar-refractivity contribution in [3.05, 3.63) is 30.5 Å². The minimum absolute atomic E-state index is 0.0601. The molecule has 1 aromatic carbocycles. The second-order valence-electron chi connectivity index (χ2n) is 5.79. The van der Waals surface area contributed by atoms with Gasteiger partial charge in [0.1, 0.15) is 6.04 Å². The van der Waals surface area contributed by atoms with Crippen molar-refractivity contribution in [1.82, 2.24) is 9.88 Å². The lowest BCUT2D eigenvalue weighted by Crippen LogP contribution is -2.56. The summed E-state index contributed by atoms with van der Waals surface area (Å²) in [6, 6.07) is 7.30. The number of nitrogens with zero attached hydrogens (tertiary/aromatic N) is 1. The molecular weight excluding hydrogens is 266 g/mol. The van der Waals surface area contributed by atoms with Crippen LogP contribution in [0.5, 0.6) is 0 Å². The Morgan fingerprint density at radius 1 is 1.33 bits per heavy atom. The molecule has 2 heterocycles. The van der Waals surface area contributed by atoms with Crippen LogP contribution >= 0.6 is 0 Å². The first kappa shape index (κ1) is 13.7. The molecule has 0 bridgehead atoms. The number of hydrogen-bond acceptors (Lipinski definition) is 2. The van der Waals surface area contributed by atoms with E-state index in [2.05, 4.69) is 10.3 Å². The second-order valence-corrected chi connectivity index (χ2v) is 5.79. The molecule has 3 rings (SSSR count). The van der Waals surface area contributed by atoms with Gasteiger partial charge in [-0.1, -0.05) is 13.8 Å². The second kappa shape index (κ2) is 5.24. The summed E-state index contributed by atoms with van der Waals surface area (Å²) >= 11 is 0. The van der Waals surface area contributed by atoms with Crippen LogP contribution in [0.3, 0.4) is 0 Å². The summed E-state index contributed by atoms with van der Waals surface area (Å²) in [5.41, 5.74) is 1.79. The number of carbonyl (C=O) groups excluding carboxylic acids is 2. The highest BCUT2D eigenvalue weighted by molar-refractivity contribution is 5.99. The zero-order valence-corrected chi connectivity index (χ0v) is 12.2. The molecule has 0 radical (unpaired) electrons. The van der Waals surface area contributed by atoms with E-state index >= 15 is 0 Å². The molecule has 1 aliphatic heterocycles. The van der Waals surface area contributed by atoms with Gasteiger partial charge in [0.25, 0.3) is 0 Å². The summed E-state index contributed by atoms with van der Waals surface area (Å²) in [5, 5.41) is 3.98. The van der Waals surface area contributed by atoms with Crippen molar-refractivity contribution in [2.75, 3.05) is 11.9 Å². The summed E-state index contributed by atoms with van der Waals surface area (Å²) in [5.74, 6) is 0.0307. The molecule has 2 N–H and O–H groups in total. The summed E-state index contributed by atoms with van der Waals surface area (Å²) in [4.78, 5) is 28.9. The lowest BCUT2D eigenvalue weighted by atomic mass is 9.97. The van der Waals surface area contributed by atoms with Gasteiger partial charge in [-0.05, 0) is 30.2 Å². The lowest BCUT2D eigenvalue weighted by Gasteiger charge is -2.39. The van der Waals surface area contributed by atoms with Gasteiger partial charge in [-0.2, -0.15) is 0 Å². The average Bonchev–Trinajstić information content (AvgIpc) is 2.89. The van der Waals surface area contributed by atoms with E-state index in [0.29, 0.717) is 13.0 Å². The van der Waals surface area contributed by atoms with Crippen molar-refractivity contribution < 1.29 is 9.59 Å². The highest BCUT2D eigenvalue weighted by Crippen LogP contribution is 2.22. The van der Waals surface area contributed by atoms with Crippen LogP contribution in [0, 0.1) is 5.92 Å². The van der Waals surface area contributed by atoms with Crippen LogP contribution in [0.1, 0.15) is 20.3 Å². The van der Waals surface area contributed by atoms with Crippen molar-refractivity contribution >= 4 is 28.4 Å². The lowest BCUT2D eigenvalue weighted by molar-refractivity contribution is -0.148. The maximum absolute atomic E-state index is 12.5. The van der Waals surface area contributed by atoms with Crippen LogP contribution in [-0.2, 0) is 9.59 Å². The molecule has 1 aliphatic rings. The van der Waals surface area contributed by atoms with E-state index < -0.39 is 6.04 Å². The van der Waals surface area contributed by atoms with E-state index in [0.717, 1.165) is 16.6 Å². The molecule has 21 heavy (non-hydrogen) atoms. The minimum atomic E-state index is -0.395. The molecule has 0 saturated carbocycles. The zero-order chi connectivity index (χ0) is 15.0. The molecule has 1 aromatic heterocycles. The van der Waals surface area contributed by atoms with Crippen molar-refractivity contribution in [2.24, 2.45) is 5.92 Å². The van der Waals surface area contributed by atoms with Gasteiger partial charge < -0.3 is 15.2 Å². The Balaban J connectivity index is 1.78. The quantitative estimate of drug-likeness (QED) is 0.847. The fourth-order valence-electron chi connectivity index (χ4n) is 2.78. The molecule has 1 unspecified atom stereocenters. The molecule has 1 fully saturated rings. The number of hydrogen-bond donors (Lipinski definition) is 2. The number of aromatic nitrogens is 1. The number of likely N-dealkylation sites (tertiary alicyclic amines) is 1. The van der Waals surface area contributed by atoms with Gasteiger partial charge in [-0.15, -0.1) is 0 Å². The Kier molecular flexibility index (Phi) is 3.41. The number of rotatable bonds is 4. The van der Waals surface area contributed by atoms with Gasteiger partial charge in [0, 0.05) is 35.8 Å². The fraction of sp³-hybridized carbons (Fsp3) is 0.375. The number of fused-ring (bicyclic) bond motifs is 1. The topological polar surface area (TPSA) is 65.2 Å². The Bertz CT molecular complexity index is 690. The van der Waals surface area contributed by atoms with E-state index in [1.54, 1.807) is 4.90 Å². The molecule has 110 valence electrons. The van der Waals surface area contributed by atoms with Gasteiger partial charge in [-0.3, -0.25) is 9.59 Å². The molecule has 1 saturated heterocycles. The van der Waals surface area contributed by atoms with Crippen LogP contribution in [0.15, 0.2) is 30.5 Å². The predicted molar refractivity (Wildman–Crippen MR) is 81.9 cm³/mol. The normalized spacial score (nSPS) is 16.1. The zero-order valence-electron chi connectivity index (χ0n) is 12.2. The number of anilines is 1. The highest BCUT2D eigenvalue weighted by atomic mass is 16.2. The largest absolute Gasteiger partial charge is 0.361 e. The molecule has 2 aromatic rings. The van der Waals surface area contributed by atoms with Crippen LogP contribution < -0.4 is 5.32 Å². The third-order valence-electron chi connectivity index (χ3n) is 3.94. The van der Waals surface area contributed by atoms with E-state index in [9.17, 15) is 9.59 Å². The molecule has 5 heteroatoms. The maximum Gasteiger partial charge on any atom is 0.247 e. The van der Waals surface area contributed by atoms with Crippen LogP contribution in [-0.4, -0.2) is 34.3 Å². The Labute approximate surface area is 123 Å². The highest BCUT2D eigenvalue weighted by Gasteiger charge is 2.37. The van der Waals surface area contributed by atoms with E-state index in [1.807, 2.05) is 44.3 Å². The molecule has 2 amide bonds. The minimum Gasteiger partial charge on any atom is -0.361 e. The van der Waals surface area contributed by atoms with Gasteiger partial charge in [0.2, 0.25) is 11.8 Å². The first-order valence-electron chi connectivity index (χ1n) is 7.24. The molecule has 1 atom stereocenters. The monoisotopic (exact) mass is 285 g/mol. The van der Waals surface area contributed by atoms with E-state index in [4.69, 9.17) is 0 Å². The van der Waals surface area contributed by atoms with Gasteiger partial charge in [0.05, 0.1) is 0 Å². The van der Waals surface area contributed by atoms with Crippen molar-refractivity contribution in [3.8, 4) is 0 Å². The first-order valence-corrected chi connectivity index (χ1v) is 7.24. The summed E-state index contributed by atoms with van der Waals surface area (Å²) in [6.07, 6.45) is 2.41. The van der Waals surface area contributed by atoms with Gasteiger partial charge in [0.15, 0.2) is 0 Å². The Morgan fingerprint density at radius 3 is 2.76 bits per heavy atom. The van der Waals surface area contributed by atoms with Gasteiger partial charge >= 0.3 is 0 Å². The molecular formula is C16H19N3O2. The van der Waals surface area contributed by atoms with Crippen LogP contribution in [0.25, 0.3) is 10.9 Å². The van der Waals surface area contributed by atoms with E-state index in [1.165, 1.54) is 0 Å². The van der Waals surface area contributed by atoms with Crippen LogP contribution in [0.2, 0.25) is 0 Å². The molecule has 0 spiro atoms. The third-order valence-corrected chi connectivity index (χ3v) is 3.94. The fourth-order valence-corrected chi connectivity index (χ4v) is 2.78. The first-order chi connectivity index (χ1) is 10.1. The number of H-pyrrole nitrogens is 1. The van der Waals surface area contributed by atoms with E-state index in [-0.39, 0.29) is 17.7 Å². The number of β-lactam (4-membered cyclic amide) rings is 1. The Morgan fingerprint density at radius 2 is 2.14 bits per heavy atom. The smallest absolute Gasteiger partial charge is 0.247 e. The number of benzene rings is 1. The number of carbonyl (C=O) groups is 2. The third kappa shape index (κ3) is 2.51. The number of nitrogens with one attached hydrogen (secondary N) is 2. The standard InChI is InChI=1S/C16H19N3O2/c1-10(2)15(19-8-6-14(19)20)16(21)18-12-3-4-13-11(9-12)5-7-17-13/h3-5,7,9-10,15,17H,6,8H2,1-2H3,(H,18,21). The number of amides is 2. The van der Waals surface area contributed by atoms with Crippen molar-refractivity contribution in [1.29, 1.82) is 0 Å².